The molecule has 0 N–H and O–H groups in total. The van der Waals surface area contributed by atoms with Crippen molar-refractivity contribution in [1.29, 1.82) is 5.26 Å². The fourth-order valence-electron chi connectivity index (χ4n) is 3.07. The number of aryl methyl sites for hydroxylation is 1. The Morgan fingerprint density at radius 1 is 1.07 bits per heavy atom. The van der Waals surface area contributed by atoms with Gasteiger partial charge in [0.1, 0.15) is 0 Å². The van der Waals surface area contributed by atoms with Crippen LogP contribution in [0.15, 0.2) is 83.1 Å². The van der Waals surface area contributed by atoms with Gasteiger partial charge in [-0.1, -0.05) is 18.2 Å². The Hall–Kier alpha value is -3.83. The maximum Gasteiger partial charge on any atom is 0.233 e. The molecule has 0 amide bonds. The highest BCUT2D eigenvalue weighted by Gasteiger charge is 2.18. The molecule has 8 heteroatoms. The van der Waals surface area contributed by atoms with E-state index >= 15 is 0 Å². The van der Waals surface area contributed by atoms with Gasteiger partial charge in [-0.25, -0.2) is 18.4 Å². The van der Waals surface area contributed by atoms with Gasteiger partial charge in [-0.3, -0.25) is 9.20 Å². The van der Waals surface area contributed by atoms with Gasteiger partial charge in [-0.15, -0.1) is 0 Å². The number of rotatable bonds is 6. The molecule has 0 spiro atoms. The van der Waals surface area contributed by atoms with Gasteiger partial charge in [0, 0.05) is 31.2 Å². The molecule has 0 aliphatic rings. The second kappa shape index (κ2) is 7.89. The molecule has 0 aliphatic heterocycles. The Balaban J connectivity index is 1.46. The molecule has 0 bridgehead atoms. The number of carbonyl (C=O) groups excluding carboxylic acids is 1. The third-order valence-electron chi connectivity index (χ3n) is 4.72. The third kappa shape index (κ3) is 3.83. The fraction of sp³-hybridized carbons (Fsp3) is 0.0909. The molecule has 0 fully saturated rings. The molecule has 0 radical (unpaired) electrons. The van der Waals surface area contributed by atoms with E-state index in [1.54, 1.807) is 47.3 Å². The van der Waals surface area contributed by atoms with Crippen molar-refractivity contribution in [1.82, 2.24) is 14.4 Å². The van der Waals surface area contributed by atoms with Crippen molar-refractivity contribution >= 4 is 21.4 Å². The highest BCUT2D eigenvalue weighted by atomic mass is 32.2. The van der Waals surface area contributed by atoms with E-state index in [9.17, 15) is 13.2 Å². The molecule has 2 aromatic heterocycles. The number of hydrogen-bond donors (Lipinski definition) is 0. The average Bonchev–Trinajstić information content (AvgIpc) is 3.25. The molecule has 0 unspecified atom stereocenters. The molecule has 0 atom stereocenters. The van der Waals surface area contributed by atoms with Gasteiger partial charge < -0.3 is 0 Å². The van der Waals surface area contributed by atoms with Crippen molar-refractivity contribution in [2.24, 2.45) is 0 Å². The van der Waals surface area contributed by atoms with Crippen molar-refractivity contribution in [2.75, 3.05) is 0 Å². The normalized spacial score (nSPS) is 11.3. The van der Waals surface area contributed by atoms with Crippen LogP contribution in [-0.2, 0) is 16.3 Å². The molecule has 4 rings (SSSR count). The van der Waals surface area contributed by atoms with Crippen LogP contribution in [0, 0.1) is 11.3 Å². The number of sulfone groups is 1. The van der Waals surface area contributed by atoms with Gasteiger partial charge in [0.25, 0.3) is 0 Å². The van der Waals surface area contributed by atoms with E-state index in [4.69, 9.17) is 5.26 Å². The van der Waals surface area contributed by atoms with Crippen LogP contribution >= 0.6 is 0 Å². The van der Waals surface area contributed by atoms with Crippen LogP contribution < -0.4 is 0 Å². The summed E-state index contributed by atoms with van der Waals surface area (Å²) in [5, 5.41) is 8.98. The van der Waals surface area contributed by atoms with Gasteiger partial charge in [0.05, 0.1) is 27.0 Å². The maximum absolute atomic E-state index is 12.8. The molecule has 0 saturated heterocycles. The number of nitrogens with zero attached hydrogens (tertiary/aromatic N) is 4. The highest BCUT2D eigenvalue weighted by molar-refractivity contribution is 7.91. The minimum absolute atomic E-state index is 0.0527. The van der Waals surface area contributed by atoms with E-state index in [2.05, 4.69) is 9.97 Å². The van der Waals surface area contributed by atoms with Gasteiger partial charge in [-0.2, -0.15) is 5.26 Å². The van der Waals surface area contributed by atoms with Crippen molar-refractivity contribution in [3.63, 3.8) is 0 Å². The highest BCUT2D eigenvalue weighted by Crippen LogP contribution is 2.22. The predicted molar refractivity (Wildman–Crippen MR) is 109 cm³/mol. The Labute approximate surface area is 173 Å². The first kappa shape index (κ1) is 19.5. The third-order valence-corrected chi connectivity index (χ3v) is 6.48. The lowest BCUT2D eigenvalue weighted by molar-refractivity contribution is 0.0982. The van der Waals surface area contributed by atoms with E-state index < -0.39 is 9.84 Å². The quantitative estimate of drug-likeness (QED) is 0.447. The number of imidazole rings is 1. The summed E-state index contributed by atoms with van der Waals surface area (Å²) in [5.41, 5.74) is 1.64. The number of carbonyl (C=O) groups is 1. The van der Waals surface area contributed by atoms with E-state index in [0.29, 0.717) is 17.8 Å². The molecule has 30 heavy (non-hydrogen) atoms. The van der Waals surface area contributed by atoms with Crippen LogP contribution in [0.1, 0.15) is 27.9 Å². The summed E-state index contributed by atoms with van der Waals surface area (Å²) < 4.78 is 27.2. The van der Waals surface area contributed by atoms with Gasteiger partial charge in [-0.05, 0) is 42.3 Å². The molecule has 2 heterocycles. The molecule has 0 saturated carbocycles. The minimum Gasteiger partial charge on any atom is -0.294 e. The summed E-state index contributed by atoms with van der Waals surface area (Å²) in [7, 11) is -3.71. The van der Waals surface area contributed by atoms with Crippen LogP contribution in [0.3, 0.4) is 0 Å². The van der Waals surface area contributed by atoms with Gasteiger partial charge in [0.2, 0.25) is 15.6 Å². The predicted octanol–water partition coefficient (Wildman–Crippen LogP) is 3.25. The lowest BCUT2D eigenvalue weighted by Gasteiger charge is -2.07. The first-order chi connectivity index (χ1) is 14.5. The summed E-state index contributed by atoms with van der Waals surface area (Å²) in [6.07, 6.45) is 7.30. The molecule has 7 nitrogen and oxygen atoms in total. The Bertz CT molecular complexity index is 1380. The van der Waals surface area contributed by atoms with Crippen molar-refractivity contribution in [3.05, 3.63) is 90.0 Å². The zero-order valence-corrected chi connectivity index (χ0v) is 16.6. The number of Topliss-reactive ketones (excluding diaryl/α,β-unsaturated/α-hetero) is 1. The second-order valence-corrected chi connectivity index (χ2v) is 8.64. The van der Waals surface area contributed by atoms with Crippen molar-refractivity contribution in [3.8, 4) is 6.07 Å². The number of nitriles is 1. The van der Waals surface area contributed by atoms with E-state index in [1.807, 2.05) is 6.07 Å². The van der Waals surface area contributed by atoms with Crippen LogP contribution in [0.5, 0.6) is 0 Å². The van der Waals surface area contributed by atoms with E-state index in [1.165, 1.54) is 30.5 Å². The smallest absolute Gasteiger partial charge is 0.233 e. The standard InChI is InChI=1S/C22H16N4O3S/c23-13-17-2-1-3-20(12-17)30(28,29)19-7-4-16(5-8-19)6-9-21(27)18-14-25-22-24-10-11-26(22)15-18/h1-5,7-8,10-12,14-15H,6,9H2. The molecule has 148 valence electrons. The average molecular weight is 416 g/mol. The summed E-state index contributed by atoms with van der Waals surface area (Å²) in [6, 6.07) is 14.3. The molecule has 4 aromatic rings. The summed E-state index contributed by atoms with van der Waals surface area (Å²) >= 11 is 0. The van der Waals surface area contributed by atoms with Crippen LogP contribution in [0.4, 0.5) is 0 Å². The number of hydrogen-bond acceptors (Lipinski definition) is 6. The lowest BCUT2D eigenvalue weighted by atomic mass is 10.0. The summed E-state index contributed by atoms with van der Waals surface area (Å²) in [6.45, 7) is 0. The second-order valence-electron chi connectivity index (χ2n) is 6.69. The molecular weight excluding hydrogens is 400 g/mol. The van der Waals surface area contributed by atoms with Gasteiger partial charge in [0.15, 0.2) is 5.78 Å². The van der Waals surface area contributed by atoms with Crippen molar-refractivity contribution < 1.29 is 13.2 Å². The van der Waals surface area contributed by atoms with E-state index in [0.717, 1.165) is 5.56 Å². The van der Waals surface area contributed by atoms with Gasteiger partial charge >= 0.3 is 0 Å². The summed E-state index contributed by atoms with van der Waals surface area (Å²) in [4.78, 5) is 20.9. The van der Waals surface area contributed by atoms with E-state index in [-0.39, 0.29) is 27.6 Å². The minimum atomic E-state index is -3.71. The van der Waals surface area contributed by atoms with Crippen LogP contribution in [-0.4, -0.2) is 28.6 Å². The Morgan fingerprint density at radius 2 is 1.87 bits per heavy atom. The molecule has 0 aliphatic carbocycles. The SMILES string of the molecule is N#Cc1cccc(S(=O)(=O)c2ccc(CCC(=O)c3cnc4nccn4c3)cc2)c1. The topological polar surface area (TPSA) is 105 Å². The lowest BCUT2D eigenvalue weighted by Crippen LogP contribution is -2.05. The number of fused-ring (bicyclic) bond motifs is 1. The van der Waals surface area contributed by atoms with Crippen LogP contribution in [0.25, 0.3) is 5.78 Å². The first-order valence-electron chi connectivity index (χ1n) is 9.13. The summed E-state index contributed by atoms with van der Waals surface area (Å²) in [5.74, 6) is 0.478. The number of benzene rings is 2. The molecular formula is C22H16N4O3S. The maximum atomic E-state index is 12.8. The number of ketones is 1. The zero-order valence-electron chi connectivity index (χ0n) is 15.8. The monoisotopic (exact) mass is 416 g/mol. The van der Waals surface area contributed by atoms with Crippen molar-refractivity contribution in [2.45, 2.75) is 22.6 Å². The number of aromatic nitrogens is 3. The largest absolute Gasteiger partial charge is 0.294 e. The first-order valence-corrected chi connectivity index (χ1v) is 10.6. The molecule has 2 aromatic carbocycles. The Morgan fingerprint density at radius 3 is 2.63 bits per heavy atom. The van der Waals surface area contributed by atoms with Crippen LogP contribution in [0.2, 0.25) is 0 Å². The fourth-order valence-corrected chi connectivity index (χ4v) is 4.37. The Kier molecular flexibility index (Phi) is 5.12. The zero-order chi connectivity index (χ0) is 21.1.